The van der Waals surface area contributed by atoms with Crippen molar-refractivity contribution in [3.8, 4) is 11.5 Å². The largest absolute Gasteiger partial charge is 0.507 e. The van der Waals surface area contributed by atoms with Gasteiger partial charge in [-0.3, -0.25) is 0 Å². The number of hydrogen-bond acceptors (Lipinski definition) is 3. The van der Waals surface area contributed by atoms with Gasteiger partial charge in [0.15, 0.2) is 0 Å². The zero-order chi connectivity index (χ0) is 13.0. The topological polar surface area (TPSA) is 66.8 Å². The number of phenolic OH excluding ortho intramolecular Hbond substituents is 1. The van der Waals surface area contributed by atoms with Crippen molar-refractivity contribution in [3.05, 3.63) is 22.3 Å². The van der Waals surface area contributed by atoms with Gasteiger partial charge in [0, 0.05) is 12.0 Å². The van der Waals surface area contributed by atoms with Crippen LogP contribution in [0.3, 0.4) is 0 Å². The molecule has 1 unspecified atom stereocenters. The van der Waals surface area contributed by atoms with Crippen LogP contribution in [-0.2, 0) is 11.2 Å². The molecule has 4 nitrogen and oxygen atoms in total. The maximum absolute atomic E-state index is 11.2. The Bertz CT molecular complexity index is 480. The second-order valence-electron chi connectivity index (χ2n) is 4.85. The van der Waals surface area contributed by atoms with Gasteiger partial charge in [-0.15, -0.1) is 0 Å². The molecule has 1 heterocycles. The van der Waals surface area contributed by atoms with Crippen LogP contribution in [0.15, 0.2) is 0 Å². The quantitative estimate of drug-likeness (QED) is 0.783. The summed E-state index contributed by atoms with van der Waals surface area (Å²) in [4.78, 5) is 11.2. The molecule has 0 saturated heterocycles. The maximum atomic E-state index is 11.2. The third-order valence-electron chi connectivity index (χ3n) is 3.63. The number of carboxylic acid groups (broad SMARTS) is 1. The Labute approximate surface area is 99.8 Å². The van der Waals surface area contributed by atoms with Crippen molar-refractivity contribution in [2.24, 2.45) is 0 Å². The zero-order valence-corrected chi connectivity index (χ0v) is 10.4. The van der Waals surface area contributed by atoms with Gasteiger partial charge in [-0.1, -0.05) is 0 Å². The number of rotatable bonds is 1. The first-order chi connectivity index (χ1) is 7.78. The molecule has 1 aliphatic heterocycles. The van der Waals surface area contributed by atoms with Crippen molar-refractivity contribution >= 4 is 5.97 Å². The molecule has 17 heavy (non-hydrogen) atoms. The predicted molar refractivity (Wildman–Crippen MR) is 62.7 cm³/mol. The average molecular weight is 236 g/mol. The first kappa shape index (κ1) is 11.8. The third-order valence-corrected chi connectivity index (χ3v) is 3.63. The summed E-state index contributed by atoms with van der Waals surface area (Å²) in [6, 6.07) is 0. The Kier molecular flexibility index (Phi) is 2.35. The normalized spacial score (nSPS) is 22.1. The van der Waals surface area contributed by atoms with Gasteiger partial charge in [0.1, 0.15) is 11.5 Å². The Morgan fingerprint density at radius 2 is 1.82 bits per heavy atom. The number of carboxylic acids is 1. The van der Waals surface area contributed by atoms with Gasteiger partial charge in [-0.2, -0.15) is 0 Å². The monoisotopic (exact) mass is 236 g/mol. The molecule has 1 aromatic rings. The van der Waals surface area contributed by atoms with Gasteiger partial charge in [-0.25, -0.2) is 4.79 Å². The molecule has 1 atom stereocenters. The molecule has 2 N–H and O–H groups in total. The summed E-state index contributed by atoms with van der Waals surface area (Å²) >= 11 is 0. The van der Waals surface area contributed by atoms with Crippen LogP contribution in [0, 0.1) is 20.8 Å². The molecule has 0 spiro atoms. The minimum absolute atomic E-state index is 0.236. The smallest absolute Gasteiger partial charge is 0.348 e. The summed E-state index contributed by atoms with van der Waals surface area (Å²) in [6.07, 6.45) is 0.290. The van der Waals surface area contributed by atoms with E-state index in [1.807, 2.05) is 6.92 Å². The molecule has 0 aromatic heterocycles. The second-order valence-corrected chi connectivity index (χ2v) is 4.85. The minimum Gasteiger partial charge on any atom is -0.507 e. The number of hydrogen-bond donors (Lipinski definition) is 2. The summed E-state index contributed by atoms with van der Waals surface area (Å²) in [6.45, 7) is 6.98. The first-order valence-corrected chi connectivity index (χ1v) is 5.52. The van der Waals surface area contributed by atoms with Gasteiger partial charge in [0.2, 0.25) is 5.60 Å². The van der Waals surface area contributed by atoms with E-state index in [-0.39, 0.29) is 12.2 Å². The Morgan fingerprint density at radius 1 is 1.24 bits per heavy atom. The summed E-state index contributed by atoms with van der Waals surface area (Å²) in [7, 11) is 0. The lowest BCUT2D eigenvalue weighted by Crippen LogP contribution is -2.39. The first-order valence-electron chi connectivity index (χ1n) is 5.52. The molecule has 92 valence electrons. The van der Waals surface area contributed by atoms with Gasteiger partial charge in [0.25, 0.3) is 0 Å². The molecule has 1 aromatic carbocycles. The van der Waals surface area contributed by atoms with Crippen LogP contribution in [-0.4, -0.2) is 21.8 Å². The number of aromatic hydroxyl groups is 1. The van der Waals surface area contributed by atoms with E-state index in [2.05, 4.69) is 0 Å². The standard InChI is InChI=1S/C13H16O4/c1-6-7(2)11-9(8(3)10(6)14)5-13(4,17-11)12(15)16/h14H,5H2,1-4H3,(H,15,16). The van der Waals surface area contributed by atoms with Crippen LogP contribution >= 0.6 is 0 Å². The van der Waals surface area contributed by atoms with Crippen LogP contribution in [0.2, 0.25) is 0 Å². The number of phenols is 1. The summed E-state index contributed by atoms with van der Waals surface area (Å²) in [5, 5.41) is 19.1. The van der Waals surface area contributed by atoms with E-state index in [0.29, 0.717) is 11.3 Å². The van der Waals surface area contributed by atoms with Crippen LogP contribution in [0.25, 0.3) is 0 Å². The zero-order valence-electron chi connectivity index (χ0n) is 10.4. The molecule has 0 fully saturated rings. The fourth-order valence-corrected chi connectivity index (χ4v) is 2.24. The molecule has 0 saturated carbocycles. The SMILES string of the molecule is Cc1c(C)c2c(c(C)c1O)CC(C)(C(=O)O)O2. The van der Waals surface area contributed by atoms with E-state index in [1.165, 1.54) is 0 Å². The van der Waals surface area contributed by atoms with Gasteiger partial charge >= 0.3 is 5.97 Å². The molecule has 0 amide bonds. The van der Waals surface area contributed by atoms with E-state index >= 15 is 0 Å². The lowest BCUT2D eigenvalue weighted by Gasteiger charge is -2.18. The Hall–Kier alpha value is -1.71. The van der Waals surface area contributed by atoms with Crippen LogP contribution < -0.4 is 4.74 Å². The summed E-state index contributed by atoms with van der Waals surface area (Å²) in [5.74, 6) is -0.133. The molecule has 0 bridgehead atoms. The lowest BCUT2D eigenvalue weighted by molar-refractivity contribution is -0.152. The highest BCUT2D eigenvalue weighted by molar-refractivity contribution is 5.80. The van der Waals surface area contributed by atoms with Crippen molar-refractivity contribution in [3.63, 3.8) is 0 Å². The van der Waals surface area contributed by atoms with Gasteiger partial charge in [0.05, 0.1) is 0 Å². The molecule has 2 rings (SSSR count). The maximum Gasteiger partial charge on any atom is 0.348 e. The highest BCUT2D eigenvalue weighted by Crippen LogP contribution is 2.44. The molecular weight excluding hydrogens is 220 g/mol. The third kappa shape index (κ3) is 1.47. The molecule has 0 aliphatic carbocycles. The number of benzene rings is 1. The lowest BCUT2D eigenvalue weighted by atomic mass is 9.93. The van der Waals surface area contributed by atoms with E-state index in [1.54, 1.807) is 20.8 Å². The Balaban J connectivity index is 2.64. The van der Waals surface area contributed by atoms with Crippen molar-refractivity contribution in [2.75, 3.05) is 0 Å². The number of carbonyl (C=O) groups is 1. The summed E-state index contributed by atoms with van der Waals surface area (Å²) in [5.41, 5.74) is 1.85. The second kappa shape index (κ2) is 3.39. The number of ether oxygens (including phenoxy) is 1. The van der Waals surface area contributed by atoms with E-state index in [0.717, 1.165) is 16.7 Å². The van der Waals surface area contributed by atoms with Gasteiger partial charge < -0.3 is 14.9 Å². The van der Waals surface area contributed by atoms with Crippen molar-refractivity contribution in [2.45, 2.75) is 39.7 Å². The van der Waals surface area contributed by atoms with Crippen LogP contribution in [0.5, 0.6) is 11.5 Å². The molecule has 4 heteroatoms. The Morgan fingerprint density at radius 3 is 2.35 bits per heavy atom. The average Bonchev–Trinajstić information content (AvgIpc) is 2.63. The minimum atomic E-state index is -1.22. The van der Waals surface area contributed by atoms with Crippen LogP contribution in [0.1, 0.15) is 29.2 Å². The van der Waals surface area contributed by atoms with Gasteiger partial charge in [-0.05, 0) is 44.4 Å². The van der Waals surface area contributed by atoms with Crippen molar-refractivity contribution in [1.82, 2.24) is 0 Å². The highest BCUT2D eigenvalue weighted by Gasteiger charge is 2.44. The predicted octanol–water partition coefficient (Wildman–Crippen LogP) is 2.10. The van der Waals surface area contributed by atoms with Crippen LogP contribution in [0.4, 0.5) is 0 Å². The van der Waals surface area contributed by atoms with Crippen molar-refractivity contribution in [1.29, 1.82) is 0 Å². The molecule has 1 aliphatic rings. The van der Waals surface area contributed by atoms with E-state index < -0.39 is 11.6 Å². The number of aliphatic carboxylic acids is 1. The fourth-order valence-electron chi connectivity index (χ4n) is 2.24. The molecular formula is C13H16O4. The highest BCUT2D eigenvalue weighted by atomic mass is 16.5. The molecule has 0 radical (unpaired) electrons. The van der Waals surface area contributed by atoms with E-state index in [4.69, 9.17) is 4.74 Å². The fraction of sp³-hybridized carbons (Fsp3) is 0.462. The van der Waals surface area contributed by atoms with E-state index in [9.17, 15) is 15.0 Å². The van der Waals surface area contributed by atoms with Crippen molar-refractivity contribution < 1.29 is 19.7 Å². The number of fused-ring (bicyclic) bond motifs is 1. The summed E-state index contributed by atoms with van der Waals surface area (Å²) < 4.78 is 5.59.